The molecule has 0 unspecified atom stereocenters. The van der Waals surface area contributed by atoms with Crippen molar-refractivity contribution in [3.8, 4) is 0 Å². The van der Waals surface area contributed by atoms with Gasteiger partial charge in [0.25, 0.3) is 6.43 Å². The lowest BCUT2D eigenvalue weighted by Crippen LogP contribution is -2.13. The van der Waals surface area contributed by atoms with Crippen molar-refractivity contribution >= 4 is 5.78 Å². The number of alkyl halides is 2. The number of rotatable bonds is 3. The van der Waals surface area contributed by atoms with Crippen molar-refractivity contribution in [1.82, 2.24) is 0 Å². The largest absolute Gasteiger partial charge is 0.324 e. The molecule has 2 N–H and O–H groups in total. The molecule has 4 heteroatoms. The zero-order valence-corrected chi connectivity index (χ0v) is 6.84. The summed E-state index contributed by atoms with van der Waals surface area (Å²) >= 11 is 0. The van der Waals surface area contributed by atoms with Crippen LogP contribution in [0.5, 0.6) is 0 Å². The van der Waals surface area contributed by atoms with Crippen molar-refractivity contribution in [2.24, 2.45) is 5.73 Å². The fraction of sp³-hybridized carbons (Fsp3) is 0.222. The van der Waals surface area contributed by atoms with E-state index in [-0.39, 0.29) is 17.9 Å². The molecule has 1 aromatic carbocycles. The molecular formula is C9H9F2NO. The number of carbonyl (C=O) groups excluding carboxylic acids is 1. The molecule has 0 heterocycles. The quantitative estimate of drug-likeness (QED) is 0.729. The number of hydrogen-bond donors (Lipinski definition) is 1. The van der Waals surface area contributed by atoms with E-state index in [1.165, 1.54) is 24.3 Å². The van der Waals surface area contributed by atoms with Crippen LogP contribution in [0, 0.1) is 0 Å². The third-order valence-corrected chi connectivity index (χ3v) is 1.67. The van der Waals surface area contributed by atoms with E-state index in [9.17, 15) is 13.6 Å². The molecule has 0 aliphatic heterocycles. The second-order valence-corrected chi connectivity index (χ2v) is 2.55. The molecule has 0 radical (unpaired) electrons. The zero-order chi connectivity index (χ0) is 9.84. The maximum Gasteiger partial charge on any atom is 0.263 e. The van der Waals surface area contributed by atoms with Gasteiger partial charge in [0.1, 0.15) is 0 Å². The number of nitrogens with two attached hydrogens (primary N) is 1. The van der Waals surface area contributed by atoms with E-state index < -0.39 is 6.43 Å². The first-order chi connectivity index (χ1) is 6.15. The van der Waals surface area contributed by atoms with Crippen molar-refractivity contribution in [2.75, 3.05) is 6.54 Å². The van der Waals surface area contributed by atoms with Crippen LogP contribution in [0.4, 0.5) is 8.78 Å². The first kappa shape index (κ1) is 9.80. The Kier molecular flexibility index (Phi) is 3.08. The van der Waals surface area contributed by atoms with Gasteiger partial charge in [-0.15, -0.1) is 0 Å². The van der Waals surface area contributed by atoms with Crippen molar-refractivity contribution < 1.29 is 13.6 Å². The first-order valence-electron chi connectivity index (χ1n) is 3.76. The van der Waals surface area contributed by atoms with Gasteiger partial charge in [-0.3, -0.25) is 4.79 Å². The van der Waals surface area contributed by atoms with Gasteiger partial charge in [0.05, 0.1) is 6.54 Å². The topological polar surface area (TPSA) is 43.1 Å². The highest BCUT2D eigenvalue weighted by atomic mass is 19.3. The normalized spacial score (nSPS) is 10.5. The first-order valence-corrected chi connectivity index (χ1v) is 3.76. The number of carbonyl (C=O) groups is 1. The molecule has 0 saturated carbocycles. The fourth-order valence-electron chi connectivity index (χ4n) is 0.932. The minimum atomic E-state index is -2.50. The van der Waals surface area contributed by atoms with Gasteiger partial charge in [-0.05, 0) is 0 Å². The molecule has 0 atom stereocenters. The van der Waals surface area contributed by atoms with Crippen LogP contribution in [0.15, 0.2) is 24.3 Å². The average molecular weight is 185 g/mol. The van der Waals surface area contributed by atoms with E-state index in [0.717, 1.165) is 0 Å². The third kappa shape index (κ3) is 2.32. The highest BCUT2D eigenvalue weighted by Gasteiger charge is 2.07. The van der Waals surface area contributed by atoms with Gasteiger partial charge in [0.15, 0.2) is 5.78 Å². The van der Waals surface area contributed by atoms with Gasteiger partial charge < -0.3 is 5.73 Å². The number of benzene rings is 1. The Bertz CT molecular complexity index is 295. The molecule has 0 spiro atoms. The summed E-state index contributed by atoms with van der Waals surface area (Å²) < 4.78 is 24.1. The molecule has 0 bridgehead atoms. The van der Waals surface area contributed by atoms with E-state index in [1.54, 1.807) is 0 Å². The van der Waals surface area contributed by atoms with E-state index in [2.05, 4.69) is 0 Å². The molecule has 2 nitrogen and oxygen atoms in total. The number of hydrogen-bond acceptors (Lipinski definition) is 2. The van der Waals surface area contributed by atoms with E-state index in [0.29, 0.717) is 5.56 Å². The highest BCUT2D eigenvalue weighted by Crippen LogP contribution is 2.18. The monoisotopic (exact) mass is 185 g/mol. The van der Waals surface area contributed by atoms with E-state index in [1.807, 2.05) is 0 Å². The Labute approximate surface area is 74.4 Å². The lowest BCUT2D eigenvalue weighted by atomic mass is 10.1. The fourth-order valence-corrected chi connectivity index (χ4v) is 0.932. The standard InChI is InChI=1S/C9H9F2NO/c10-9(11)7-3-1-6(2-4-7)8(13)5-12/h1-4,9H,5,12H2. The van der Waals surface area contributed by atoms with Gasteiger partial charge >= 0.3 is 0 Å². The highest BCUT2D eigenvalue weighted by molar-refractivity contribution is 5.97. The Morgan fingerprint density at radius 2 is 1.85 bits per heavy atom. The molecule has 0 aliphatic carbocycles. The third-order valence-electron chi connectivity index (χ3n) is 1.67. The smallest absolute Gasteiger partial charge is 0.263 e. The Balaban J connectivity index is 2.87. The van der Waals surface area contributed by atoms with E-state index >= 15 is 0 Å². The van der Waals surface area contributed by atoms with Crippen molar-refractivity contribution in [1.29, 1.82) is 0 Å². The molecule has 0 fully saturated rings. The van der Waals surface area contributed by atoms with Crippen LogP contribution in [-0.4, -0.2) is 12.3 Å². The number of halogens is 2. The molecule has 1 aromatic rings. The van der Waals surface area contributed by atoms with Gasteiger partial charge in [-0.2, -0.15) is 0 Å². The number of Topliss-reactive ketones (excluding diaryl/α,β-unsaturated/α-hetero) is 1. The molecule has 0 aliphatic rings. The maximum atomic E-state index is 12.1. The summed E-state index contributed by atoms with van der Waals surface area (Å²) in [5.41, 5.74) is 5.38. The molecule has 0 saturated heterocycles. The van der Waals surface area contributed by atoms with Crippen LogP contribution in [-0.2, 0) is 0 Å². The summed E-state index contributed by atoms with van der Waals surface area (Å²) in [5, 5.41) is 0. The van der Waals surface area contributed by atoms with Crippen LogP contribution in [0.1, 0.15) is 22.3 Å². The predicted molar refractivity (Wildman–Crippen MR) is 44.8 cm³/mol. The van der Waals surface area contributed by atoms with Gasteiger partial charge in [-0.1, -0.05) is 24.3 Å². The molecular weight excluding hydrogens is 176 g/mol. The van der Waals surface area contributed by atoms with Crippen LogP contribution >= 0.6 is 0 Å². The van der Waals surface area contributed by atoms with E-state index in [4.69, 9.17) is 5.73 Å². The summed E-state index contributed by atoms with van der Waals surface area (Å²) in [5.74, 6) is -0.249. The van der Waals surface area contributed by atoms with Gasteiger partial charge in [-0.25, -0.2) is 8.78 Å². The predicted octanol–water partition coefficient (Wildman–Crippen LogP) is 1.77. The molecule has 0 amide bonds. The second-order valence-electron chi connectivity index (χ2n) is 2.55. The Morgan fingerprint density at radius 1 is 1.31 bits per heavy atom. The van der Waals surface area contributed by atoms with Crippen LogP contribution in [0.3, 0.4) is 0 Å². The lowest BCUT2D eigenvalue weighted by Gasteiger charge is -2.00. The van der Waals surface area contributed by atoms with Gasteiger partial charge in [0.2, 0.25) is 0 Å². The molecule has 13 heavy (non-hydrogen) atoms. The lowest BCUT2D eigenvalue weighted by molar-refractivity contribution is 0.100. The maximum absolute atomic E-state index is 12.1. The number of ketones is 1. The molecule has 0 aromatic heterocycles. The van der Waals surface area contributed by atoms with Crippen molar-refractivity contribution in [3.05, 3.63) is 35.4 Å². The SMILES string of the molecule is NCC(=O)c1ccc(C(F)F)cc1. The van der Waals surface area contributed by atoms with Crippen LogP contribution < -0.4 is 5.73 Å². The zero-order valence-electron chi connectivity index (χ0n) is 6.84. The second kappa shape index (κ2) is 4.09. The van der Waals surface area contributed by atoms with Crippen molar-refractivity contribution in [3.63, 3.8) is 0 Å². The minimum Gasteiger partial charge on any atom is -0.324 e. The van der Waals surface area contributed by atoms with Crippen LogP contribution in [0.25, 0.3) is 0 Å². The Morgan fingerprint density at radius 3 is 2.23 bits per heavy atom. The molecule has 70 valence electrons. The average Bonchev–Trinajstić information content (AvgIpc) is 2.17. The minimum absolute atomic E-state index is 0.0893. The van der Waals surface area contributed by atoms with Crippen molar-refractivity contribution in [2.45, 2.75) is 6.43 Å². The summed E-state index contributed by atoms with van der Waals surface area (Å²) in [6.07, 6.45) is -2.50. The van der Waals surface area contributed by atoms with Gasteiger partial charge in [0, 0.05) is 11.1 Å². The van der Waals surface area contributed by atoms with Crippen LogP contribution in [0.2, 0.25) is 0 Å². The summed E-state index contributed by atoms with van der Waals surface area (Å²) in [7, 11) is 0. The Hall–Kier alpha value is -1.29. The summed E-state index contributed by atoms with van der Waals surface area (Å²) in [6.45, 7) is -0.103. The molecule has 1 rings (SSSR count). The summed E-state index contributed by atoms with van der Waals surface area (Å²) in [6, 6.07) is 5.18. The summed E-state index contributed by atoms with van der Waals surface area (Å²) in [4.78, 5) is 11.0.